The largest absolute Gasteiger partial charge is 0.423 e. The van der Waals surface area contributed by atoms with Gasteiger partial charge in [-0.15, -0.1) is 0 Å². The molecule has 128 valence electrons. The zero-order chi connectivity index (χ0) is 16.6. The fraction of sp³-hybridized carbons (Fsp3) is 0.579. The number of oxazole rings is 1. The summed E-state index contributed by atoms with van der Waals surface area (Å²) in [5.74, 6) is 0.0202. The Morgan fingerprint density at radius 3 is 2.96 bits per heavy atom. The number of fused-ring (bicyclic) bond motifs is 1. The lowest BCUT2D eigenvalue weighted by molar-refractivity contribution is -0.136. The van der Waals surface area contributed by atoms with Gasteiger partial charge in [-0.05, 0) is 43.9 Å². The maximum Gasteiger partial charge on any atom is 0.302 e. The maximum atomic E-state index is 12.9. The molecule has 1 unspecified atom stereocenters. The van der Waals surface area contributed by atoms with Gasteiger partial charge >= 0.3 is 6.01 Å². The average Bonchev–Trinajstić information content (AvgIpc) is 2.97. The van der Waals surface area contributed by atoms with Crippen molar-refractivity contribution in [3.8, 4) is 0 Å². The molecule has 1 spiro atoms. The summed E-state index contributed by atoms with van der Waals surface area (Å²) in [7, 11) is 0. The Labute approximate surface area is 141 Å². The lowest BCUT2D eigenvalue weighted by Gasteiger charge is -2.45. The van der Waals surface area contributed by atoms with Crippen LogP contribution in [0.3, 0.4) is 0 Å². The molecule has 2 heterocycles. The number of hydrogen-bond acceptors (Lipinski definition) is 4. The number of carbonyl (C=O) groups is 1. The van der Waals surface area contributed by atoms with Gasteiger partial charge in [0.1, 0.15) is 5.52 Å². The SMILES string of the molecule is Cc1ccc2nc(NC(=O)C3CCOCC34CCCCC4)oc2c1. The summed E-state index contributed by atoms with van der Waals surface area (Å²) in [6.07, 6.45) is 6.59. The highest BCUT2D eigenvalue weighted by Gasteiger charge is 2.46. The summed E-state index contributed by atoms with van der Waals surface area (Å²) >= 11 is 0. The molecule has 4 rings (SSSR count). The van der Waals surface area contributed by atoms with Crippen LogP contribution in [-0.4, -0.2) is 24.1 Å². The van der Waals surface area contributed by atoms with Crippen LogP contribution in [0.1, 0.15) is 44.1 Å². The number of nitrogens with zero attached hydrogens (tertiary/aromatic N) is 1. The van der Waals surface area contributed by atoms with E-state index in [0.29, 0.717) is 24.8 Å². The van der Waals surface area contributed by atoms with Crippen molar-refractivity contribution in [3.05, 3.63) is 23.8 Å². The number of nitrogens with one attached hydrogen (secondary N) is 1. The summed E-state index contributed by atoms with van der Waals surface area (Å²) in [5, 5.41) is 2.92. The third-order valence-corrected chi connectivity index (χ3v) is 5.62. The molecule has 1 aliphatic carbocycles. The Kier molecular flexibility index (Phi) is 4.04. The number of carbonyl (C=O) groups excluding carboxylic acids is 1. The Balaban J connectivity index is 1.55. The topological polar surface area (TPSA) is 64.4 Å². The van der Waals surface area contributed by atoms with Gasteiger partial charge in [-0.3, -0.25) is 10.1 Å². The van der Waals surface area contributed by atoms with Crippen molar-refractivity contribution >= 4 is 23.0 Å². The van der Waals surface area contributed by atoms with E-state index in [2.05, 4.69) is 10.3 Å². The lowest BCUT2D eigenvalue weighted by atomic mass is 9.64. The highest BCUT2D eigenvalue weighted by molar-refractivity contribution is 5.92. The Bertz CT molecular complexity index is 738. The van der Waals surface area contributed by atoms with Gasteiger partial charge in [-0.1, -0.05) is 25.3 Å². The molecule has 1 aliphatic heterocycles. The van der Waals surface area contributed by atoms with Crippen molar-refractivity contribution in [2.24, 2.45) is 11.3 Å². The first-order valence-corrected chi connectivity index (χ1v) is 8.92. The molecule has 2 fully saturated rings. The Hall–Kier alpha value is -1.88. The van der Waals surface area contributed by atoms with Gasteiger partial charge in [-0.2, -0.15) is 4.98 Å². The fourth-order valence-corrected chi connectivity index (χ4v) is 4.32. The summed E-state index contributed by atoms with van der Waals surface area (Å²) in [5.41, 5.74) is 2.60. The standard InChI is InChI=1S/C19H24N2O3/c1-13-5-6-15-16(11-13)24-18(20-15)21-17(22)14-7-10-23-12-19(14)8-3-2-4-9-19/h5-6,11,14H,2-4,7-10,12H2,1H3,(H,20,21,22). The summed E-state index contributed by atoms with van der Waals surface area (Å²) in [6, 6.07) is 6.15. The number of benzene rings is 1. The van der Waals surface area contributed by atoms with Crippen molar-refractivity contribution in [2.75, 3.05) is 18.5 Å². The van der Waals surface area contributed by atoms with Crippen LogP contribution in [0.5, 0.6) is 0 Å². The van der Waals surface area contributed by atoms with E-state index < -0.39 is 0 Å². The molecular formula is C19H24N2O3. The van der Waals surface area contributed by atoms with E-state index in [1.807, 2.05) is 25.1 Å². The van der Waals surface area contributed by atoms with Gasteiger partial charge in [0, 0.05) is 17.9 Å². The third kappa shape index (κ3) is 2.81. The van der Waals surface area contributed by atoms with Crippen LogP contribution in [0, 0.1) is 18.3 Å². The predicted octanol–water partition coefficient (Wildman–Crippen LogP) is 4.06. The molecule has 24 heavy (non-hydrogen) atoms. The first kappa shape index (κ1) is 15.6. The van der Waals surface area contributed by atoms with Crippen molar-refractivity contribution in [1.29, 1.82) is 0 Å². The predicted molar refractivity (Wildman–Crippen MR) is 91.8 cm³/mol. The third-order valence-electron chi connectivity index (χ3n) is 5.62. The van der Waals surface area contributed by atoms with Crippen LogP contribution in [-0.2, 0) is 9.53 Å². The number of aryl methyl sites for hydroxylation is 1. The number of anilines is 1. The van der Waals surface area contributed by atoms with Crippen LogP contribution in [0.2, 0.25) is 0 Å². The normalized spacial score (nSPS) is 23.5. The number of hydrogen-bond donors (Lipinski definition) is 1. The average molecular weight is 328 g/mol. The van der Waals surface area contributed by atoms with E-state index in [-0.39, 0.29) is 17.2 Å². The fourth-order valence-electron chi connectivity index (χ4n) is 4.32. The maximum absolute atomic E-state index is 12.9. The number of rotatable bonds is 2. The molecule has 0 bridgehead atoms. The molecule has 1 aromatic heterocycles. The van der Waals surface area contributed by atoms with Crippen LogP contribution in [0.4, 0.5) is 6.01 Å². The minimum absolute atomic E-state index is 0.00316. The molecule has 1 saturated carbocycles. The van der Waals surface area contributed by atoms with Crippen LogP contribution < -0.4 is 5.32 Å². The molecule has 1 atom stereocenters. The second kappa shape index (κ2) is 6.20. The van der Waals surface area contributed by atoms with Crippen molar-refractivity contribution < 1.29 is 13.9 Å². The Morgan fingerprint density at radius 2 is 2.12 bits per heavy atom. The second-order valence-corrected chi connectivity index (χ2v) is 7.30. The van der Waals surface area contributed by atoms with E-state index >= 15 is 0 Å². The smallest absolute Gasteiger partial charge is 0.302 e. The molecule has 1 N–H and O–H groups in total. The molecule has 2 aliphatic rings. The number of ether oxygens (including phenoxy) is 1. The molecule has 2 aromatic rings. The molecule has 5 heteroatoms. The second-order valence-electron chi connectivity index (χ2n) is 7.30. The minimum Gasteiger partial charge on any atom is -0.423 e. The minimum atomic E-state index is -0.0108. The van der Waals surface area contributed by atoms with Gasteiger partial charge in [-0.25, -0.2) is 0 Å². The zero-order valence-corrected chi connectivity index (χ0v) is 14.1. The quantitative estimate of drug-likeness (QED) is 0.903. The summed E-state index contributed by atoms with van der Waals surface area (Å²) in [4.78, 5) is 17.3. The van der Waals surface area contributed by atoms with Crippen molar-refractivity contribution in [3.63, 3.8) is 0 Å². The monoisotopic (exact) mass is 328 g/mol. The highest BCUT2D eigenvalue weighted by atomic mass is 16.5. The molecule has 1 saturated heterocycles. The zero-order valence-electron chi connectivity index (χ0n) is 14.1. The number of aromatic nitrogens is 1. The van der Waals surface area contributed by atoms with Gasteiger partial charge in [0.05, 0.1) is 6.61 Å². The summed E-state index contributed by atoms with van der Waals surface area (Å²) < 4.78 is 11.4. The number of amides is 1. The van der Waals surface area contributed by atoms with Crippen molar-refractivity contribution in [1.82, 2.24) is 4.98 Å². The van der Waals surface area contributed by atoms with E-state index in [9.17, 15) is 4.79 Å². The van der Waals surface area contributed by atoms with E-state index in [1.54, 1.807) is 0 Å². The molecule has 1 amide bonds. The Morgan fingerprint density at radius 1 is 1.29 bits per heavy atom. The van der Waals surface area contributed by atoms with E-state index in [0.717, 1.165) is 30.3 Å². The van der Waals surface area contributed by atoms with Gasteiger partial charge < -0.3 is 9.15 Å². The molecule has 5 nitrogen and oxygen atoms in total. The van der Waals surface area contributed by atoms with E-state index in [4.69, 9.17) is 9.15 Å². The van der Waals surface area contributed by atoms with Gasteiger partial charge in [0.15, 0.2) is 5.58 Å². The van der Waals surface area contributed by atoms with Crippen molar-refractivity contribution in [2.45, 2.75) is 45.4 Å². The highest BCUT2D eigenvalue weighted by Crippen LogP contribution is 2.46. The first-order chi connectivity index (χ1) is 11.7. The molecule has 0 radical (unpaired) electrons. The van der Waals surface area contributed by atoms with Crippen LogP contribution in [0.25, 0.3) is 11.1 Å². The molecule has 1 aromatic carbocycles. The van der Waals surface area contributed by atoms with E-state index in [1.165, 1.54) is 19.3 Å². The lowest BCUT2D eigenvalue weighted by Crippen LogP contribution is -2.47. The van der Waals surface area contributed by atoms with Gasteiger partial charge in [0.2, 0.25) is 5.91 Å². The molecular weight excluding hydrogens is 304 g/mol. The van der Waals surface area contributed by atoms with Crippen LogP contribution in [0.15, 0.2) is 22.6 Å². The summed E-state index contributed by atoms with van der Waals surface area (Å²) in [6.45, 7) is 3.37. The van der Waals surface area contributed by atoms with Crippen LogP contribution >= 0.6 is 0 Å². The first-order valence-electron chi connectivity index (χ1n) is 8.92. The van der Waals surface area contributed by atoms with Gasteiger partial charge in [0.25, 0.3) is 0 Å².